The van der Waals surface area contributed by atoms with Gasteiger partial charge in [-0.05, 0) is 25.0 Å². The van der Waals surface area contributed by atoms with E-state index in [4.69, 9.17) is 0 Å². The largest absolute Gasteiger partial charge is 0.352 e. The van der Waals surface area contributed by atoms with E-state index < -0.39 is 11.7 Å². The summed E-state index contributed by atoms with van der Waals surface area (Å²) < 4.78 is 13.4. The number of amides is 2. The van der Waals surface area contributed by atoms with Crippen molar-refractivity contribution in [2.75, 3.05) is 13.6 Å². The molecule has 1 aliphatic rings. The van der Waals surface area contributed by atoms with Crippen molar-refractivity contribution in [2.45, 2.75) is 18.9 Å². The van der Waals surface area contributed by atoms with Gasteiger partial charge in [-0.15, -0.1) is 0 Å². The summed E-state index contributed by atoms with van der Waals surface area (Å²) in [5, 5.41) is 2.78. The Morgan fingerprint density at radius 1 is 1.39 bits per heavy atom. The zero-order chi connectivity index (χ0) is 13.1. The van der Waals surface area contributed by atoms with Crippen molar-refractivity contribution < 1.29 is 14.0 Å². The molecule has 96 valence electrons. The van der Waals surface area contributed by atoms with Gasteiger partial charge < -0.3 is 10.2 Å². The van der Waals surface area contributed by atoms with E-state index in [0.717, 1.165) is 12.8 Å². The summed E-state index contributed by atoms with van der Waals surface area (Å²) in [5.41, 5.74) is -0.0146. The molecule has 0 atom stereocenters. The maximum absolute atomic E-state index is 13.4. The summed E-state index contributed by atoms with van der Waals surface area (Å²) in [6, 6.07) is 6.01. The summed E-state index contributed by atoms with van der Waals surface area (Å²) in [4.78, 5) is 24.7. The lowest BCUT2D eigenvalue weighted by Gasteiger charge is -2.17. The number of nitrogens with zero attached hydrogens (tertiary/aromatic N) is 1. The average molecular weight is 250 g/mol. The Hall–Kier alpha value is -1.91. The molecule has 0 saturated heterocycles. The first-order valence-electron chi connectivity index (χ1n) is 5.87. The number of halogens is 1. The molecule has 1 N–H and O–H groups in total. The highest BCUT2D eigenvalue weighted by molar-refractivity contribution is 5.96. The molecular formula is C13H15FN2O2. The van der Waals surface area contributed by atoms with Crippen LogP contribution in [0.25, 0.3) is 0 Å². The van der Waals surface area contributed by atoms with Crippen molar-refractivity contribution in [1.29, 1.82) is 0 Å². The van der Waals surface area contributed by atoms with E-state index >= 15 is 0 Å². The molecular weight excluding hydrogens is 235 g/mol. The Labute approximate surface area is 105 Å². The average Bonchev–Trinajstić information content (AvgIpc) is 3.12. The second-order valence-electron chi connectivity index (χ2n) is 4.48. The second-order valence-corrected chi connectivity index (χ2v) is 4.48. The lowest BCUT2D eigenvalue weighted by Crippen LogP contribution is -2.39. The predicted octanol–water partition coefficient (Wildman–Crippen LogP) is 1.18. The number of hydrogen-bond acceptors (Lipinski definition) is 2. The smallest absolute Gasteiger partial charge is 0.257 e. The Balaban J connectivity index is 1.95. The number of nitrogens with one attached hydrogen (secondary N) is 1. The van der Waals surface area contributed by atoms with Crippen LogP contribution >= 0.6 is 0 Å². The summed E-state index contributed by atoms with van der Waals surface area (Å²) in [5.74, 6) is -1.26. The Morgan fingerprint density at radius 2 is 2.06 bits per heavy atom. The Morgan fingerprint density at radius 3 is 2.67 bits per heavy atom. The minimum atomic E-state index is -0.572. The molecule has 1 fully saturated rings. The molecule has 0 heterocycles. The van der Waals surface area contributed by atoms with E-state index in [1.54, 1.807) is 6.07 Å². The number of carbonyl (C=O) groups is 2. The number of carbonyl (C=O) groups excluding carboxylic acids is 2. The van der Waals surface area contributed by atoms with Crippen LogP contribution in [0.2, 0.25) is 0 Å². The molecule has 1 saturated carbocycles. The van der Waals surface area contributed by atoms with Crippen LogP contribution in [0.4, 0.5) is 4.39 Å². The molecule has 1 aliphatic carbocycles. The summed E-state index contributed by atoms with van der Waals surface area (Å²) in [6.45, 7) is -0.0519. The van der Waals surface area contributed by atoms with Gasteiger partial charge in [0, 0.05) is 13.1 Å². The quantitative estimate of drug-likeness (QED) is 0.872. The van der Waals surface area contributed by atoms with E-state index in [2.05, 4.69) is 5.32 Å². The van der Waals surface area contributed by atoms with Gasteiger partial charge in [0.2, 0.25) is 5.91 Å². The van der Waals surface area contributed by atoms with Gasteiger partial charge in [0.25, 0.3) is 5.91 Å². The minimum Gasteiger partial charge on any atom is -0.352 e. The molecule has 1 aromatic carbocycles. The van der Waals surface area contributed by atoms with E-state index in [1.807, 2.05) is 0 Å². The topological polar surface area (TPSA) is 49.4 Å². The van der Waals surface area contributed by atoms with Gasteiger partial charge in [0.15, 0.2) is 0 Å². The fourth-order valence-corrected chi connectivity index (χ4v) is 1.63. The van der Waals surface area contributed by atoms with E-state index in [0.29, 0.717) is 0 Å². The van der Waals surface area contributed by atoms with E-state index in [1.165, 1.54) is 30.1 Å². The highest BCUT2D eigenvalue weighted by Gasteiger charge is 2.25. The molecule has 1 aromatic rings. The van der Waals surface area contributed by atoms with E-state index in [9.17, 15) is 14.0 Å². The van der Waals surface area contributed by atoms with Crippen LogP contribution in [0.15, 0.2) is 24.3 Å². The van der Waals surface area contributed by atoms with Gasteiger partial charge in [0.05, 0.1) is 12.1 Å². The zero-order valence-corrected chi connectivity index (χ0v) is 10.1. The van der Waals surface area contributed by atoms with Crippen molar-refractivity contribution in [3.63, 3.8) is 0 Å². The molecule has 0 bridgehead atoms. The maximum atomic E-state index is 13.4. The number of likely N-dealkylation sites (N-methyl/N-ethyl adjacent to an activating group) is 1. The molecule has 0 aromatic heterocycles. The summed E-state index contributed by atoms with van der Waals surface area (Å²) in [7, 11) is 1.49. The number of rotatable bonds is 4. The third kappa shape index (κ3) is 3.06. The minimum absolute atomic E-state index is 0.0146. The Bertz CT molecular complexity index is 472. The first-order chi connectivity index (χ1) is 8.58. The van der Waals surface area contributed by atoms with Gasteiger partial charge in [0.1, 0.15) is 5.82 Å². The van der Waals surface area contributed by atoms with Crippen molar-refractivity contribution >= 4 is 11.8 Å². The van der Waals surface area contributed by atoms with Gasteiger partial charge >= 0.3 is 0 Å². The van der Waals surface area contributed by atoms with Gasteiger partial charge in [-0.25, -0.2) is 4.39 Å². The molecule has 18 heavy (non-hydrogen) atoms. The lowest BCUT2D eigenvalue weighted by molar-refractivity contribution is -0.121. The third-order valence-corrected chi connectivity index (χ3v) is 2.77. The molecule has 0 spiro atoms. The zero-order valence-electron chi connectivity index (χ0n) is 10.1. The van der Waals surface area contributed by atoms with Crippen LogP contribution in [-0.4, -0.2) is 36.3 Å². The van der Waals surface area contributed by atoms with Crippen molar-refractivity contribution in [3.8, 4) is 0 Å². The monoisotopic (exact) mass is 250 g/mol. The number of hydrogen-bond donors (Lipinski definition) is 1. The van der Waals surface area contributed by atoms with Crippen LogP contribution in [0, 0.1) is 5.82 Å². The van der Waals surface area contributed by atoms with Crippen LogP contribution in [0.3, 0.4) is 0 Å². The molecule has 2 amide bonds. The fourth-order valence-electron chi connectivity index (χ4n) is 1.63. The molecule has 0 aliphatic heterocycles. The van der Waals surface area contributed by atoms with Crippen LogP contribution < -0.4 is 5.32 Å². The van der Waals surface area contributed by atoms with Crippen molar-refractivity contribution in [1.82, 2.24) is 10.2 Å². The summed E-state index contributed by atoms with van der Waals surface area (Å²) in [6.07, 6.45) is 1.99. The maximum Gasteiger partial charge on any atom is 0.257 e. The first-order valence-corrected chi connectivity index (χ1v) is 5.87. The van der Waals surface area contributed by atoms with E-state index in [-0.39, 0.29) is 24.1 Å². The normalized spacial score (nSPS) is 14.1. The lowest BCUT2D eigenvalue weighted by atomic mass is 10.2. The Kier molecular flexibility index (Phi) is 3.60. The summed E-state index contributed by atoms with van der Waals surface area (Å²) >= 11 is 0. The van der Waals surface area contributed by atoms with Crippen LogP contribution in [0.1, 0.15) is 23.2 Å². The van der Waals surface area contributed by atoms with Gasteiger partial charge in [-0.3, -0.25) is 9.59 Å². The van der Waals surface area contributed by atoms with Gasteiger partial charge in [-0.1, -0.05) is 12.1 Å². The molecule has 0 radical (unpaired) electrons. The van der Waals surface area contributed by atoms with Crippen LogP contribution in [-0.2, 0) is 4.79 Å². The fraction of sp³-hybridized carbons (Fsp3) is 0.385. The highest BCUT2D eigenvalue weighted by atomic mass is 19.1. The van der Waals surface area contributed by atoms with Crippen molar-refractivity contribution in [3.05, 3.63) is 35.6 Å². The molecule has 4 nitrogen and oxygen atoms in total. The molecule has 0 unspecified atom stereocenters. The number of benzene rings is 1. The first kappa shape index (κ1) is 12.5. The molecule has 2 rings (SSSR count). The highest BCUT2D eigenvalue weighted by Crippen LogP contribution is 2.18. The van der Waals surface area contributed by atoms with Crippen LogP contribution in [0.5, 0.6) is 0 Å². The third-order valence-electron chi connectivity index (χ3n) is 2.77. The van der Waals surface area contributed by atoms with Gasteiger partial charge in [-0.2, -0.15) is 0 Å². The molecule has 5 heteroatoms. The second kappa shape index (κ2) is 5.16. The predicted molar refractivity (Wildman–Crippen MR) is 64.5 cm³/mol. The van der Waals surface area contributed by atoms with Crippen molar-refractivity contribution in [2.24, 2.45) is 0 Å². The SMILES string of the molecule is CN(CC(=O)NC1CC1)C(=O)c1ccccc1F. The standard InChI is InChI=1S/C13H15FN2O2/c1-16(8-12(17)15-9-6-7-9)13(18)10-4-2-3-5-11(10)14/h2-5,9H,6-8H2,1H3,(H,15,17).